The molecule has 1 aliphatic carbocycles. The van der Waals surface area contributed by atoms with E-state index in [-0.39, 0.29) is 0 Å². The third-order valence-corrected chi connectivity index (χ3v) is 6.06. The van der Waals surface area contributed by atoms with E-state index < -0.39 is 0 Å². The van der Waals surface area contributed by atoms with Crippen LogP contribution >= 0.6 is 23.2 Å². The van der Waals surface area contributed by atoms with Crippen LogP contribution in [0.5, 0.6) is 11.5 Å². The van der Waals surface area contributed by atoms with Crippen molar-refractivity contribution < 1.29 is 9.47 Å². The molecular weight excluding hydrogens is 343 g/mol. The van der Waals surface area contributed by atoms with Crippen molar-refractivity contribution >= 4 is 23.2 Å². The van der Waals surface area contributed by atoms with Gasteiger partial charge < -0.3 is 9.47 Å². The molecule has 2 aromatic rings. The standard InChI is InChI=1S/C20H22Cl2O2/c1-11-12(2)20(14-6-8-18(24-4)16(22)10-14)19(11)13-5-7-17(23-3)15(21)9-13/h5-12,19-20H,1-4H3/t11-,12-,19-,20-/m1/s1. The van der Waals surface area contributed by atoms with Crippen molar-refractivity contribution in [2.24, 2.45) is 11.8 Å². The number of hydrogen-bond acceptors (Lipinski definition) is 2. The summed E-state index contributed by atoms with van der Waals surface area (Å²) in [5.74, 6) is 3.44. The van der Waals surface area contributed by atoms with E-state index in [0.29, 0.717) is 45.2 Å². The van der Waals surface area contributed by atoms with Crippen LogP contribution in [0.25, 0.3) is 0 Å². The van der Waals surface area contributed by atoms with Crippen LogP contribution in [0.1, 0.15) is 36.8 Å². The fraction of sp³-hybridized carbons (Fsp3) is 0.400. The molecule has 2 nitrogen and oxygen atoms in total. The monoisotopic (exact) mass is 364 g/mol. The molecule has 1 aliphatic rings. The molecule has 0 bridgehead atoms. The summed E-state index contributed by atoms with van der Waals surface area (Å²) in [6.45, 7) is 4.60. The lowest BCUT2D eigenvalue weighted by molar-refractivity contribution is 0.122. The van der Waals surface area contributed by atoms with Crippen molar-refractivity contribution in [2.75, 3.05) is 14.2 Å². The molecule has 4 heteroatoms. The fourth-order valence-corrected chi connectivity index (χ4v) is 4.50. The minimum atomic E-state index is 0.424. The minimum Gasteiger partial charge on any atom is -0.495 e. The van der Waals surface area contributed by atoms with E-state index in [1.807, 2.05) is 24.3 Å². The Labute approximate surface area is 153 Å². The second kappa shape index (κ2) is 6.85. The quantitative estimate of drug-likeness (QED) is 0.646. The van der Waals surface area contributed by atoms with Gasteiger partial charge in [0.05, 0.1) is 24.3 Å². The summed E-state index contributed by atoms with van der Waals surface area (Å²) in [5.41, 5.74) is 2.51. The maximum Gasteiger partial charge on any atom is 0.137 e. The molecule has 2 aromatic carbocycles. The summed E-state index contributed by atoms with van der Waals surface area (Å²) in [6, 6.07) is 12.2. The van der Waals surface area contributed by atoms with E-state index in [1.54, 1.807) is 14.2 Å². The number of hydrogen-bond donors (Lipinski definition) is 0. The zero-order valence-corrected chi connectivity index (χ0v) is 15.9. The largest absolute Gasteiger partial charge is 0.495 e. The second-order valence-corrected chi connectivity index (χ2v) is 7.37. The summed E-state index contributed by atoms with van der Waals surface area (Å²) in [4.78, 5) is 0. The third kappa shape index (κ3) is 2.87. The van der Waals surface area contributed by atoms with E-state index in [4.69, 9.17) is 32.7 Å². The lowest BCUT2D eigenvalue weighted by Gasteiger charge is -2.50. The first-order valence-electron chi connectivity index (χ1n) is 8.14. The summed E-state index contributed by atoms with van der Waals surface area (Å²) in [7, 11) is 3.27. The normalized spacial score (nSPS) is 25.9. The molecule has 0 unspecified atom stereocenters. The zero-order chi connectivity index (χ0) is 17.4. The van der Waals surface area contributed by atoms with Crippen molar-refractivity contribution in [1.29, 1.82) is 0 Å². The predicted octanol–water partition coefficient (Wildman–Crippen LogP) is 6.16. The Morgan fingerprint density at radius 2 is 1.08 bits per heavy atom. The number of rotatable bonds is 4. The van der Waals surface area contributed by atoms with Gasteiger partial charge in [0.1, 0.15) is 11.5 Å². The van der Waals surface area contributed by atoms with E-state index >= 15 is 0 Å². The molecule has 0 radical (unpaired) electrons. The van der Waals surface area contributed by atoms with Crippen LogP contribution in [-0.4, -0.2) is 14.2 Å². The Morgan fingerprint density at radius 3 is 1.38 bits per heavy atom. The van der Waals surface area contributed by atoms with Crippen LogP contribution in [0, 0.1) is 11.8 Å². The molecule has 3 rings (SSSR count). The Kier molecular flexibility index (Phi) is 4.98. The summed E-state index contributed by atoms with van der Waals surface area (Å²) < 4.78 is 10.5. The molecule has 0 amide bonds. The van der Waals surface area contributed by atoms with E-state index in [1.165, 1.54) is 11.1 Å². The molecule has 0 aliphatic heterocycles. The highest BCUT2D eigenvalue weighted by molar-refractivity contribution is 6.32. The number of halogens is 2. The second-order valence-electron chi connectivity index (χ2n) is 6.56. The van der Waals surface area contributed by atoms with Gasteiger partial charge in [0.25, 0.3) is 0 Å². The summed E-state index contributed by atoms with van der Waals surface area (Å²) >= 11 is 12.7. The number of methoxy groups -OCH3 is 2. The lowest BCUT2D eigenvalue weighted by atomic mass is 9.54. The Morgan fingerprint density at radius 1 is 0.708 bits per heavy atom. The van der Waals surface area contributed by atoms with Gasteiger partial charge in [0.2, 0.25) is 0 Å². The summed E-state index contributed by atoms with van der Waals surface area (Å²) in [6.07, 6.45) is 0. The highest BCUT2D eigenvalue weighted by Gasteiger charge is 2.46. The van der Waals surface area contributed by atoms with Gasteiger partial charge >= 0.3 is 0 Å². The van der Waals surface area contributed by atoms with Crippen molar-refractivity contribution in [1.82, 2.24) is 0 Å². The van der Waals surface area contributed by atoms with Gasteiger partial charge in [-0.3, -0.25) is 0 Å². The lowest BCUT2D eigenvalue weighted by Crippen LogP contribution is -2.40. The van der Waals surface area contributed by atoms with Crippen LogP contribution in [0.4, 0.5) is 0 Å². The van der Waals surface area contributed by atoms with E-state index in [2.05, 4.69) is 26.0 Å². The smallest absolute Gasteiger partial charge is 0.137 e. The molecule has 0 saturated heterocycles. The van der Waals surface area contributed by atoms with Crippen LogP contribution in [0.2, 0.25) is 10.0 Å². The van der Waals surface area contributed by atoms with Gasteiger partial charge in [-0.05, 0) is 59.1 Å². The Balaban J connectivity index is 1.95. The van der Waals surface area contributed by atoms with Gasteiger partial charge in [-0.15, -0.1) is 0 Å². The average Bonchev–Trinajstić information content (AvgIpc) is 2.58. The molecule has 0 N–H and O–H groups in total. The number of benzene rings is 2. The molecule has 0 spiro atoms. The van der Waals surface area contributed by atoms with Crippen molar-refractivity contribution in [3.63, 3.8) is 0 Å². The highest BCUT2D eigenvalue weighted by Crippen LogP contribution is 2.58. The van der Waals surface area contributed by atoms with Gasteiger partial charge in [0, 0.05) is 0 Å². The molecule has 4 atom stereocenters. The number of ether oxygens (including phenoxy) is 2. The van der Waals surface area contributed by atoms with Crippen molar-refractivity contribution in [2.45, 2.75) is 25.7 Å². The van der Waals surface area contributed by atoms with Crippen LogP contribution in [0.15, 0.2) is 36.4 Å². The topological polar surface area (TPSA) is 18.5 Å². The van der Waals surface area contributed by atoms with Crippen LogP contribution in [-0.2, 0) is 0 Å². The Hall–Kier alpha value is -1.38. The van der Waals surface area contributed by atoms with E-state index in [9.17, 15) is 0 Å². The molecule has 0 aromatic heterocycles. The van der Waals surface area contributed by atoms with Crippen molar-refractivity contribution in [3.8, 4) is 11.5 Å². The van der Waals surface area contributed by atoms with Crippen LogP contribution < -0.4 is 9.47 Å². The fourth-order valence-electron chi connectivity index (χ4n) is 3.96. The van der Waals surface area contributed by atoms with Gasteiger partial charge in [0.15, 0.2) is 0 Å². The third-order valence-electron chi connectivity index (χ3n) is 5.47. The molecule has 1 saturated carbocycles. The summed E-state index contributed by atoms with van der Waals surface area (Å²) in [5, 5.41) is 1.32. The predicted molar refractivity (Wildman–Crippen MR) is 99.8 cm³/mol. The van der Waals surface area contributed by atoms with Crippen LogP contribution in [0.3, 0.4) is 0 Å². The minimum absolute atomic E-state index is 0.424. The SMILES string of the molecule is COc1ccc([C@H]2[C@H](C)[C@@H](C)[C@@H]2c2ccc(OC)c(Cl)c2)cc1Cl. The molecular formula is C20H22Cl2O2. The first-order chi connectivity index (χ1) is 11.5. The zero-order valence-electron chi connectivity index (χ0n) is 14.3. The van der Waals surface area contributed by atoms with Gasteiger partial charge in [-0.1, -0.05) is 49.2 Å². The molecule has 24 heavy (non-hydrogen) atoms. The van der Waals surface area contributed by atoms with Crippen molar-refractivity contribution in [3.05, 3.63) is 57.6 Å². The molecule has 0 heterocycles. The molecule has 128 valence electrons. The van der Waals surface area contributed by atoms with Gasteiger partial charge in [-0.2, -0.15) is 0 Å². The maximum absolute atomic E-state index is 6.33. The average molecular weight is 365 g/mol. The molecule has 1 fully saturated rings. The first-order valence-corrected chi connectivity index (χ1v) is 8.90. The first kappa shape index (κ1) is 17.4. The van der Waals surface area contributed by atoms with Gasteiger partial charge in [-0.25, -0.2) is 0 Å². The Bertz CT molecular complexity index is 681. The maximum atomic E-state index is 6.33. The highest BCUT2D eigenvalue weighted by atomic mass is 35.5. The van der Waals surface area contributed by atoms with E-state index in [0.717, 1.165) is 0 Å².